The molecule has 0 saturated carbocycles. The number of carbonyl (C=O) groups is 2. The molecule has 0 radical (unpaired) electrons. The number of benzene rings is 2. The number of para-hydroxylation sites is 1. The Bertz CT molecular complexity index is 901. The van der Waals surface area contributed by atoms with Gasteiger partial charge >= 0.3 is 5.97 Å². The number of hydrogen-bond acceptors (Lipinski definition) is 5. The third-order valence-electron chi connectivity index (χ3n) is 3.85. The first-order valence-electron chi connectivity index (χ1n) is 8.43. The van der Waals surface area contributed by atoms with E-state index in [4.69, 9.17) is 13.9 Å². The van der Waals surface area contributed by atoms with Gasteiger partial charge in [-0.1, -0.05) is 12.1 Å². The summed E-state index contributed by atoms with van der Waals surface area (Å²) in [5.41, 5.74) is 1.02. The van der Waals surface area contributed by atoms with Gasteiger partial charge in [0.25, 0.3) is 5.91 Å². The minimum absolute atomic E-state index is 0.222. The van der Waals surface area contributed by atoms with Crippen molar-refractivity contribution in [3.63, 3.8) is 0 Å². The van der Waals surface area contributed by atoms with E-state index in [0.29, 0.717) is 29.2 Å². The second-order valence-corrected chi connectivity index (χ2v) is 5.73. The van der Waals surface area contributed by atoms with Crippen molar-refractivity contribution in [2.75, 3.05) is 12.4 Å². The zero-order valence-electron chi connectivity index (χ0n) is 14.8. The van der Waals surface area contributed by atoms with E-state index >= 15 is 0 Å². The molecule has 3 rings (SSSR count). The van der Waals surface area contributed by atoms with Crippen molar-refractivity contribution in [1.82, 2.24) is 0 Å². The van der Waals surface area contributed by atoms with Gasteiger partial charge in [-0.15, -0.1) is 0 Å². The first-order valence-corrected chi connectivity index (χ1v) is 8.43. The van der Waals surface area contributed by atoms with Crippen LogP contribution in [-0.4, -0.2) is 19.0 Å². The SMILES string of the molecule is COc1ccccc1C(=O)Nc1ccc(OC(=O)CCc2ccco2)cc1. The molecule has 0 aliphatic rings. The number of hydrogen-bond donors (Lipinski definition) is 1. The zero-order valence-corrected chi connectivity index (χ0v) is 14.8. The Labute approximate surface area is 156 Å². The van der Waals surface area contributed by atoms with Crippen LogP contribution in [0.4, 0.5) is 5.69 Å². The summed E-state index contributed by atoms with van der Waals surface area (Å²) in [7, 11) is 1.52. The molecule has 1 N–H and O–H groups in total. The van der Waals surface area contributed by atoms with Crippen molar-refractivity contribution in [3.8, 4) is 11.5 Å². The zero-order chi connectivity index (χ0) is 19.1. The molecule has 0 unspecified atom stereocenters. The number of esters is 1. The molecule has 1 amide bonds. The Morgan fingerprint density at radius 3 is 2.48 bits per heavy atom. The summed E-state index contributed by atoms with van der Waals surface area (Å²) in [6, 6.07) is 17.2. The topological polar surface area (TPSA) is 77.8 Å². The third-order valence-corrected chi connectivity index (χ3v) is 3.85. The van der Waals surface area contributed by atoms with Crippen molar-refractivity contribution < 1.29 is 23.5 Å². The maximum absolute atomic E-state index is 12.4. The first kappa shape index (κ1) is 18.3. The molecule has 0 atom stereocenters. The molecule has 0 spiro atoms. The van der Waals surface area contributed by atoms with Crippen LogP contribution >= 0.6 is 0 Å². The molecule has 0 saturated heterocycles. The van der Waals surface area contributed by atoms with Gasteiger partial charge < -0.3 is 19.2 Å². The highest BCUT2D eigenvalue weighted by Crippen LogP contribution is 2.21. The lowest BCUT2D eigenvalue weighted by molar-refractivity contribution is -0.134. The monoisotopic (exact) mass is 365 g/mol. The van der Waals surface area contributed by atoms with Gasteiger partial charge in [0, 0.05) is 12.1 Å². The molecule has 138 valence electrons. The maximum atomic E-state index is 12.4. The molecule has 1 aromatic heterocycles. The standard InChI is InChI=1S/C21H19NO5/c1-25-19-7-3-2-6-18(19)21(24)22-15-8-10-17(11-9-15)27-20(23)13-12-16-5-4-14-26-16/h2-11,14H,12-13H2,1H3,(H,22,24). The average molecular weight is 365 g/mol. The van der Waals surface area contributed by atoms with Crippen LogP contribution in [-0.2, 0) is 11.2 Å². The molecule has 0 aliphatic carbocycles. The van der Waals surface area contributed by atoms with Crippen molar-refractivity contribution in [2.45, 2.75) is 12.8 Å². The smallest absolute Gasteiger partial charge is 0.311 e. The third kappa shape index (κ3) is 4.98. The minimum Gasteiger partial charge on any atom is -0.496 e. The number of ether oxygens (including phenoxy) is 2. The highest BCUT2D eigenvalue weighted by atomic mass is 16.5. The van der Waals surface area contributed by atoms with Crippen molar-refractivity contribution in [2.24, 2.45) is 0 Å². The summed E-state index contributed by atoms with van der Waals surface area (Å²) in [5, 5.41) is 2.79. The van der Waals surface area contributed by atoms with Gasteiger partial charge in [-0.2, -0.15) is 0 Å². The van der Waals surface area contributed by atoms with Crippen LogP contribution in [0.3, 0.4) is 0 Å². The predicted octanol–water partition coefficient (Wildman–Crippen LogP) is 4.08. The van der Waals surface area contributed by atoms with Gasteiger partial charge in [0.1, 0.15) is 17.3 Å². The Morgan fingerprint density at radius 2 is 1.78 bits per heavy atom. The van der Waals surface area contributed by atoms with E-state index in [1.165, 1.54) is 7.11 Å². The van der Waals surface area contributed by atoms with Crippen LogP contribution in [0.25, 0.3) is 0 Å². The van der Waals surface area contributed by atoms with Crippen molar-refractivity contribution >= 4 is 17.6 Å². The van der Waals surface area contributed by atoms with E-state index in [-0.39, 0.29) is 18.3 Å². The van der Waals surface area contributed by atoms with E-state index in [1.807, 2.05) is 6.07 Å². The van der Waals surface area contributed by atoms with Crippen LogP contribution in [0, 0.1) is 0 Å². The number of anilines is 1. The number of rotatable bonds is 7. The second-order valence-electron chi connectivity index (χ2n) is 5.73. The number of amides is 1. The number of methoxy groups -OCH3 is 1. The molecule has 3 aromatic rings. The Morgan fingerprint density at radius 1 is 1.00 bits per heavy atom. The molecule has 6 nitrogen and oxygen atoms in total. The Kier molecular flexibility index (Phi) is 5.89. The molecule has 27 heavy (non-hydrogen) atoms. The van der Waals surface area contributed by atoms with E-state index in [0.717, 1.165) is 5.76 Å². The van der Waals surface area contributed by atoms with Crippen LogP contribution in [0.15, 0.2) is 71.3 Å². The van der Waals surface area contributed by atoms with E-state index in [1.54, 1.807) is 60.9 Å². The van der Waals surface area contributed by atoms with Crippen molar-refractivity contribution in [1.29, 1.82) is 0 Å². The van der Waals surface area contributed by atoms with Crippen molar-refractivity contribution in [3.05, 3.63) is 78.3 Å². The number of nitrogens with one attached hydrogen (secondary N) is 1. The lowest BCUT2D eigenvalue weighted by Gasteiger charge is -2.10. The van der Waals surface area contributed by atoms with Crippen LogP contribution in [0.1, 0.15) is 22.5 Å². The highest BCUT2D eigenvalue weighted by molar-refractivity contribution is 6.06. The Hall–Kier alpha value is -3.54. The van der Waals surface area contributed by atoms with E-state index in [9.17, 15) is 9.59 Å². The fraction of sp³-hybridized carbons (Fsp3) is 0.143. The second kappa shape index (κ2) is 8.71. The lowest BCUT2D eigenvalue weighted by atomic mass is 10.2. The maximum Gasteiger partial charge on any atom is 0.311 e. The van der Waals surface area contributed by atoms with Gasteiger partial charge in [0.2, 0.25) is 0 Å². The fourth-order valence-electron chi connectivity index (χ4n) is 2.50. The number of furan rings is 1. The number of aryl methyl sites for hydroxylation is 1. The van der Waals surface area contributed by atoms with Gasteiger partial charge in [-0.3, -0.25) is 9.59 Å². The molecular formula is C21H19NO5. The molecule has 0 bridgehead atoms. The Balaban J connectivity index is 1.55. The average Bonchev–Trinajstić information content (AvgIpc) is 3.21. The van der Waals surface area contributed by atoms with Gasteiger partial charge in [-0.25, -0.2) is 0 Å². The summed E-state index contributed by atoms with van der Waals surface area (Å²) >= 11 is 0. The summed E-state index contributed by atoms with van der Waals surface area (Å²) in [6.07, 6.45) is 2.28. The number of carbonyl (C=O) groups excluding carboxylic acids is 2. The van der Waals surface area contributed by atoms with Crippen LogP contribution < -0.4 is 14.8 Å². The molecule has 1 heterocycles. The van der Waals surface area contributed by atoms with Crippen LogP contribution in [0.5, 0.6) is 11.5 Å². The summed E-state index contributed by atoms with van der Waals surface area (Å²) in [4.78, 5) is 24.2. The predicted molar refractivity (Wildman–Crippen MR) is 100 cm³/mol. The van der Waals surface area contributed by atoms with Gasteiger partial charge in [0.15, 0.2) is 0 Å². The molecule has 0 aliphatic heterocycles. The summed E-state index contributed by atoms with van der Waals surface area (Å²) < 4.78 is 15.7. The molecule has 6 heteroatoms. The molecule has 0 fully saturated rings. The first-order chi connectivity index (χ1) is 13.2. The summed E-state index contributed by atoms with van der Waals surface area (Å²) in [5.74, 6) is 1.01. The summed E-state index contributed by atoms with van der Waals surface area (Å²) in [6.45, 7) is 0. The van der Waals surface area contributed by atoms with Crippen LogP contribution in [0.2, 0.25) is 0 Å². The normalized spacial score (nSPS) is 10.3. The highest BCUT2D eigenvalue weighted by Gasteiger charge is 2.12. The molecular weight excluding hydrogens is 346 g/mol. The quantitative estimate of drug-likeness (QED) is 0.504. The molecule has 2 aromatic carbocycles. The van der Waals surface area contributed by atoms with E-state index < -0.39 is 0 Å². The largest absolute Gasteiger partial charge is 0.496 e. The van der Waals surface area contributed by atoms with E-state index in [2.05, 4.69) is 5.32 Å². The van der Waals surface area contributed by atoms with Gasteiger partial charge in [-0.05, 0) is 48.5 Å². The minimum atomic E-state index is -0.350. The van der Waals surface area contributed by atoms with Gasteiger partial charge in [0.05, 0.1) is 25.4 Å². The lowest BCUT2D eigenvalue weighted by Crippen LogP contribution is -2.13. The fourth-order valence-corrected chi connectivity index (χ4v) is 2.50.